The van der Waals surface area contributed by atoms with Crippen LogP contribution in [-0.4, -0.2) is 43.6 Å². The molecule has 1 aromatic heterocycles. The summed E-state index contributed by atoms with van der Waals surface area (Å²) in [5, 5.41) is 0. The number of methoxy groups -OCH3 is 2. The molecule has 0 aromatic carbocycles. The minimum atomic E-state index is -0.411. The quantitative estimate of drug-likeness (QED) is 0.790. The van der Waals surface area contributed by atoms with Gasteiger partial charge in [0.25, 0.3) is 0 Å². The Kier molecular flexibility index (Phi) is 5.01. The van der Waals surface area contributed by atoms with E-state index in [0.717, 1.165) is 25.8 Å². The molecular formula is C15H21NO5. The Morgan fingerprint density at radius 3 is 2.76 bits per heavy atom. The SMILES string of the molecule is COC(=O)c1cc(CN2CCCCC2C(=O)OC)oc1C. The number of esters is 2. The maximum Gasteiger partial charge on any atom is 0.341 e. The van der Waals surface area contributed by atoms with E-state index >= 15 is 0 Å². The highest BCUT2D eigenvalue weighted by atomic mass is 16.5. The lowest BCUT2D eigenvalue weighted by Gasteiger charge is -2.32. The Balaban J connectivity index is 2.12. The summed E-state index contributed by atoms with van der Waals surface area (Å²) in [5.41, 5.74) is 0.430. The van der Waals surface area contributed by atoms with Crippen molar-refractivity contribution in [2.45, 2.75) is 38.8 Å². The number of furan rings is 1. The summed E-state index contributed by atoms with van der Waals surface area (Å²) < 4.78 is 15.2. The van der Waals surface area contributed by atoms with Gasteiger partial charge in [0.2, 0.25) is 0 Å². The van der Waals surface area contributed by atoms with Gasteiger partial charge in [0.15, 0.2) is 0 Å². The van der Waals surface area contributed by atoms with Crippen LogP contribution < -0.4 is 0 Å². The van der Waals surface area contributed by atoms with Crippen LogP contribution in [0.5, 0.6) is 0 Å². The van der Waals surface area contributed by atoms with Gasteiger partial charge in [0.05, 0.1) is 20.8 Å². The molecule has 1 saturated heterocycles. The van der Waals surface area contributed by atoms with Crippen molar-refractivity contribution in [2.75, 3.05) is 20.8 Å². The molecule has 0 amide bonds. The van der Waals surface area contributed by atoms with Gasteiger partial charge in [-0.25, -0.2) is 4.79 Å². The van der Waals surface area contributed by atoms with E-state index in [4.69, 9.17) is 13.9 Å². The average molecular weight is 295 g/mol. The van der Waals surface area contributed by atoms with Crippen LogP contribution in [0.25, 0.3) is 0 Å². The number of hydrogen-bond acceptors (Lipinski definition) is 6. The van der Waals surface area contributed by atoms with Crippen LogP contribution in [0.15, 0.2) is 10.5 Å². The predicted octanol–water partition coefficient (Wildman–Crippen LogP) is 1.90. The number of ether oxygens (including phenoxy) is 2. The lowest BCUT2D eigenvalue weighted by Crippen LogP contribution is -2.44. The summed E-state index contributed by atoms with van der Waals surface area (Å²) in [4.78, 5) is 25.5. The zero-order valence-corrected chi connectivity index (χ0v) is 12.7. The number of rotatable bonds is 4. The first-order chi connectivity index (χ1) is 10.1. The zero-order valence-electron chi connectivity index (χ0n) is 12.7. The van der Waals surface area contributed by atoms with Crippen molar-refractivity contribution in [1.29, 1.82) is 0 Å². The highest BCUT2D eigenvalue weighted by Gasteiger charge is 2.30. The third-order valence-corrected chi connectivity index (χ3v) is 3.82. The summed E-state index contributed by atoms with van der Waals surface area (Å²) in [5.74, 6) is 0.559. The molecule has 0 radical (unpaired) electrons. The molecule has 2 heterocycles. The van der Waals surface area contributed by atoms with Crippen LogP contribution in [-0.2, 0) is 20.8 Å². The summed E-state index contributed by atoms with van der Waals surface area (Å²) in [6.07, 6.45) is 2.84. The first kappa shape index (κ1) is 15.6. The van der Waals surface area contributed by atoms with Crippen LogP contribution in [0, 0.1) is 6.92 Å². The number of nitrogens with zero attached hydrogens (tertiary/aromatic N) is 1. The van der Waals surface area contributed by atoms with Crippen LogP contribution in [0.2, 0.25) is 0 Å². The molecule has 2 rings (SSSR count). The van der Waals surface area contributed by atoms with Gasteiger partial charge in [-0.3, -0.25) is 9.69 Å². The molecule has 0 saturated carbocycles. The Hall–Kier alpha value is -1.82. The normalized spacial score (nSPS) is 19.3. The van der Waals surface area contributed by atoms with E-state index in [2.05, 4.69) is 0 Å². The van der Waals surface area contributed by atoms with Crippen molar-refractivity contribution >= 4 is 11.9 Å². The number of piperidine rings is 1. The molecule has 1 fully saturated rings. The monoisotopic (exact) mass is 295 g/mol. The highest BCUT2D eigenvalue weighted by Crippen LogP contribution is 2.23. The second kappa shape index (κ2) is 6.76. The Labute approximate surface area is 124 Å². The number of likely N-dealkylation sites (tertiary alicyclic amines) is 1. The first-order valence-electron chi connectivity index (χ1n) is 7.06. The van der Waals surface area contributed by atoms with E-state index in [0.29, 0.717) is 23.6 Å². The van der Waals surface area contributed by atoms with Gasteiger partial charge in [-0.15, -0.1) is 0 Å². The Morgan fingerprint density at radius 2 is 2.10 bits per heavy atom. The van der Waals surface area contributed by atoms with Crippen molar-refractivity contribution in [2.24, 2.45) is 0 Å². The van der Waals surface area contributed by atoms with Crippen molar-refractivity contribution in [3.8, 4) is 0 Å². The third-order valence-electron chi connectivity index (χ3n) is 3.82. The first-order valence-corrected chi connectivity index (χ1v) is 7.06. The Bertz CT molecular complexity index is 522. The molecule has 1 unspecified atom stereocenters. The number of carbonyl (C=O) groups is 2. The highest BCUT2D eigenvalue weighted by molar-refractivity contribution is 5.90. The van der Waals surface area contributed by atoms with Gasteiger partial charge in [-0.1, -0.05) is 6.42 Å². The maximum absolute atomic E-state index is 11.8. The third kappa shape index (κ3) is 3.44. The molecule has 1 aliphatic rings. The summed E-state index contributed by atoms with van der Waals surface area (Å²) in [6, 6.07) is 1.44. The molecule has 21 heavy (non-hydrogen) atoms. The van der Waals surface area contributed by atoms with Crippen LogP contribution in [0.4, 0.5) is 0 Å². The standard InChI is InChI=1S/C15H21NO5/c1-10-12(14(17)19-2)8-11(21-10)9-16-7-5-4-6-13(16)15(18)20-3/h8,13H,4-7,9H2,1-3H3. The van der Waals surface area contributed by atoms with E-state index in [9.17, 15) is 9.59 Å². The van der Waals surface area contributed by atoms with E-state index in [1.54, 1.807) is 13.0 Å². The molecule has 6 nitrogen and oxygen atoms in total. The van der Waals surface area contributed by atoms with Crippen molar-refractivity contribution in [3.05, 3.63) is 23.2 Å². The molecule has 0 bridgehead atoms. The lowest BCUT2D eigenvalue weighted by atomic mass is 10.0. The van der Waals surface area contributed by atoms with Gasteiger partial charge < -0.3 is 13.9 Å². The van der Waals surface area contributed by atoms with Gasteiger partial charge in [-0.05, 0) is 32.4 Å². The Morgan fingerprint density at radius 1 is 1.33 bits per heavy atom. The van der Waals surface area contributed by atoms with E-state index in [1.807, 2.05) is 4.90 Å². The minimum absolute atomic E-state index is 0.217. The van der Waals surface area contributed by atoms with E-state index < -0.39 is 5.97 Å². The fourth-order valence-corrected chi connectivity index (χ4v) is 2.72. The molecule has 1 atom stereocenters. The smallest absolute Gasteiger partial charge is 0.341 e. The topological polar surface area (TPSA) is 69.0 Å². The van der Waals surface area contributed by atoms with Crippen LogP contribution in [0.1, 0.15) is 41.1 Å². The summed E-state index contributed by atoms with van der Waals surface area (Å²) >= 11 is 0. The molecule has 1 aromatic rings. The van der Waals surface area contributed by atoms with Crippen LogP contribution in [0.3, 0.4) is 0 Å². The van der Waals surface area contributed by atoms with Gasteiger partial charge in [-0.2, -0.15) is 0 Å². The zero-order chi connectivity index (χ0) is 15.4. The van der Waals surface area contributed by atoms with Gasteiger partial charge in [0.1, 0.15) is 23.1 Å². The van der Waals surface area contributed by atoms with Crippen LogP contribution >= 0.6 is 0 Å². The molecule has 0 N–H and O–H groups in total. The second-order valence-corrected chi connectivity index (χ2v) is 5.18. The molecule has 0 spiro atoms. The summed E-state index contributed by atoms with van der Waals surface area (Å²) in [7, 11) is 2.74. The van der Waals surface area contributed by atoms with Gasteiger partial charge in [0, 0.05) is 0 Å². The molecule has 0 aliphatic carbocycles. The molecule has 1 aliphatic heterocycles. The second-order valence-electron chi connectivity index (χ2n) is 5.18. The van der Waals surface area contributed by atoms with E-state index in [-0.39, 0.29) is 12.0 Å². The number of carbonyl (C=O) groups excluding carboxylic acids is 2. The summed E-state index contributed by atoms with van der Waals surface area (Å²) in [6.45, 7) is 3.02. The van der Waals surface area contributed by atoms with Gasteiger partial charge >= 0.3 is 11.9 Å². The minimum Gasteiger partial charge on any atom is -0.468 e. The molecule has 6 heteroatoms. The van der Waals surface area contributed by atoms with E-state index in [1.165, 1.54) is 14.2 Å². The predicted molar refractivity (Wildman–Crippen MR) is 74.8 cm³/mol. The maximum atomic E-state index is 11.8. The van der Waals surface area contributed by atoms with Crippen molar-refractivity contribution < 1.29 is 23.5 Å². The van der Waals surface area contributed by atoms with Crippen molar-refractivity contribution in [1.82, 2.24) is 4.90 Å². The number of hydrogen-bond donors (Lipinski definition) is 0. The van der Waals surface area contributed by atoms with Crippen molar-refractivity contribution in [3.63, 3.8) is 0 Å². The molecular weight excluding hydrogens is 274 g/mol. The lowest BCUT2D eigenvalue weighted by molar-refractivity contribution is -0.148. The number of aryl methyl sites for hydroxylation is 1. The largest absolute Gasteiger partial charge is 0.468 e. The average Bonchev–Trinajstić information content (AvgIpc) is 2.86. The fraction of sp³-hybridized carbons (Fsp3) is 0.600. The fourth-order valence-electron chi connectivity index (χ4n) is 2.72. The molecule has 116 valence electrons.